The molecule has 2 saturated heterocycles. The third-order valence-electron chi connectivity index (χ3n) is 7.06. The fraction of sp³-hybridized carbons (Fsp3) is 0.556. The first-order valence-electron chi connectivity index (χ1n) is 12.1. The number of hydrogen-bond acceptors (Lipinski definition) is 5. The zero-order valence-electron chi connectivity index (χ0n) is 19.6. The number of aryl methyl sites for hydroxylation is 1. The number of piperidine rings is 1. The summed E-state index contributed by atoms with van der Waals surface area (Å²) >= 11 is 0. The summed E-state index contributed by atoms with van der Waals surface area (Å²) in [5.74, 6) is 1.49. The minimum absolute atomic E-state index is 0.264. The van der Waals surface area contributed by atoms with E-state index in [1.54, 1.807) is 7.11 Å². The van der Waals surface area contributed by atoms with Crippen molar-refractivity contribution in [1.29, 1.82) is 0 Å². The van der Waals surface area contributed by atoms with Gasteiger partial charge in [-0.25, -0.2) is 0 Å². The highest BCUT2D eigenvalue weighted by Gasteiger charge is 2.25. The van der Waals surface area contributed by atoms with Crippen LogP contribution >= 0.6 is 0 Å². The van der Waals surface area contributed by atoms with Gasteiger partial charge in [-0.1, -0.05) is 36.4 Å². The average Bonchev–Trinajstić information content (AvgIpc) is 3.31. The van der Waals surface area contributed by atoms with Gasteiger partial charge in [0.15, 0.2) is 11.5 Å². The SMILES string of the molecule is COc1cccc(CN(CC2CCN(Cc3ccccc3C)CC2)CC2CCCO2)c1O. The van der Waals surface area contributed by atoms with Crippen LogP contribution < -0.4 is 4.74 Å². The number of aromatic hydroxyl groups is 1. The Morgan fingerprint density at radius 1 is 1.03 bits per heavy atom. The van der Waals surface area contributed by atoms with Crippen molar-refractivity contribution in [2.75, 3.05) is 39.9 Å². The molecule has 0 amide bonds. The molecule has 0 aromatic heterocycles. The predicted octanol–water partition coefficient (Wildman–Crippen LogP) is 4.60. The van der Waals surface area contributed by atoms with Crippen LogP contribution in [-0.2, 0) is 17.8 Å². The first-order valence-corrected chi connectivity index (χ1v) is 12.1. The lowest BCUT2D eigenvalue weighted by Crippen LogP contribution is -2.40. The Bertz CT molecular complexity index is 858. The maximum Gasteiger partial charge on any atom is 0.162 e. The van der Waals surface area contributed by atoms with Gasteiger partial charge in [-0.15, -0.1) is 0 Å². The van der Waals surface area contributed by atoms with Crippen LogP contribution in [0.2, 0.25) is 0 Å². The minimum atomic E-state index is 0.264. The number of methoxy groups -OCH3 is 1. The Hall–Kier alpha value is -2.08. The summed E-state index contributed by atoms with van der Waals surface area (Å²) in [4.78, 5) is 5.09. The fourth-order valence-corrected chi connectivity index (χ4v) is 5.10. The topological polar surface area (TPSA) is 45.2 Å². The Morgan fingerprint density at radius 3 is 2.53 bits per heavy atom. The van der Waals surface area contributed by atoms with E-state index in [0.717, 1.165) is 64.3 Å². The van der Waals surface area contributed by atoms with Gasteiger partial charge in [-0.3, -0.25) is 9.80 Å². The molecule has 174 valence electrons. The second-order valence-corrected chi connectivity index (χ2v) is 9.44. The van der Waals surface area contributed by atoms with Crippen molar-refractivity contribution in [2.45, 2.75) is 51.8 Å². The smallest absolute Gasteiger partial charge is 0.162 e. The van der Waals surface area contributed by atoms with E-state index in [0.29, 0.717) is 17.8 Å². The van der Waals surface area contributed by atoms with Gasteiger partial charge in [0.05, 0.1) is 13.2 Å². The van der Waals surface area contributed by atoms with Crippen molar-refractivity contribution in [3.63, 3.8) is 0 Å². The summed E-state index contributed by atoms with van der Waals surface area (Å²) in [6.45, 7) is 9.14. The lowest BCUT2D eigenvalue weighted by atomic mass is 9.95. The summed E-state index contributed by atoms with van der Waals surface area (Å²) < 4.78 is 11.3. The van der Waals surface area contributed by atoms with Crippen molar-refractivity contribution < 1.29 is 14.6 Å². The van der Waals surface area contributed by atoms with Gasteiger partial charge in [0, 0.05) is 38.3 Å². The number of likely N-dealkylation sites (tertiary alicyclic amines) is 1. The summed E-state index contributed by atoms with van der Waals surface area (Å²) in [5, 5.41) is 10.6. The molecule has 32 heavy (non-hydrogen) atoms. The summed E-state index contributed by atoms with van der Waals surface area (Å²) in [7, 11) is 1.60. The van der Waals surface area contributed by atoms with Crippen molar-refractivity contribution in [3.8, 4) is 11.5 Å². The standard InChI is InChI=1S/C27H38N2O3/c1-21-7-3-4-8-23(21)18-28-14-12-22(13-15-28)17-29(20-25-10-6-16-32-25)19-24-9-5-11-26(31-2)27(24)30/h3-5,7-9,11,22,25,30H,6,10,12-20H2,1-2H3. The van der Waals surface area contributed by atoms with Gasteiger partial charge >= 0.3 is 0 Å². The number of rotatable bonds is 9. The third kappa shape index (κ3) is 6.03. The van der Waals surface area contributed by atoms with E-state index in [2.05, 4.69) is 41.0 Å². The average molecular weight is 439 g/mol. The first-order chi connectivity index (χ1) is 15.6. The van der Waals surface area contributed by atoms with Crippen LogP contribution in [0.3, 0.4) is 0 Å². The van der Waals surface area contributed by atoms with Crippen LogP contribution in [0, 0.1) is 12.8 Å². The third-order valence-corrected chi connectivity index (χ3v) is 7.06. The number of phenolic OH excluding ortho intramolecular Hbond substituents is 1. The van der Waals surface area contributed by atoms with Crippen LogP contribution in [0.1, 0.15) is 42.4 Å². The maximum absolute atomic E-state index is 10.6. The molecule has 1 unspecified atom stereocenters. The van der Waals surface area contributed by atoms with E-state index in [1.807, 2.05) is 18.2 Å². The lowest BCUT2D eigenvalue weighted by molar-refractivity contribution is 0.0566. The highest BCUT2D eigenvalue weighted by atomic mass is 16.5. The normalized spacial score (nSPS) is 20.2. The van der Waals surface area contributed by atoms with Crippen LogP contribution in [0.25, 0.3) is 0 Å². The number of ether oxygens (including phenoxy) is 2. The molecule has 0 spiro atoms. The van der Waals surface area contributed by atoms with Crippen LogP contribution in [0.15, 0.2) is 42.5 Å². The Kier molecular flexibility index (Phi) is 8.06. The molecule has 4 rings (SSSR count). The Balaban J connectivity index is 1.35. The molecule has 2 aromatic rings. The molecule has 1 N–H and O–H groups in total. The van der Waals surface area contributed by atoms with Crippen molar-refractivity contribution >= 4 is 0 Å². The van der Waals surface area contributed by atoms with Gasteiger partial charge < -0.3 is 14.6 Å². The van der Waals surface area contributed by atoms with Crippen LogP contribution in [0.4, 0.5) is 0 Å². The number of phenols is 1. The van der Waals surface area contributed by atoms with Gasteiger partial charge in [-0.05, 0) is 68.8 Å². The molecule has 2 aliphatic heterocycles. The van der Waals surface area contributed by atoms with Crippen molar-refractivity contribution in [1.82, 2.24) is 9.80 Å². The molecular formula is C27H38N2O3. The molecule has 0 radical (unpaired) electrons. The first kappa shape index (κ1) is 23.1. The number of hydrogen-bond donors (Lipinski definition) is 1. The van der Waals surface area contributed by atoms with E-state index in [9.17, 15) is 5.11 Å². The molecular weight excluding hydrogens is 400 g/mol. The maximum atomic E-state index is 10.6. The quantitative estimate of drug-likeness (QED) is 0.620. The van der Waals surface area contributed by atoms with Gasteiger partial charge in [0.1, 0.15) is 0 Å². The zero-order chi connectivity index (χ0) is 22.3. The molecule has 2 heterocycles. The van der Waals surface area contributed by atoms with E-state index in [-0.39, 0.29) is 5.75 Å². The lowest BCUT2D eigenvalue weighted by Gasteiger charge is -2.36. The number of para-hydroxylation sites is 1. The van der Waals surface area contributed by atoms with Crippen molar-refractivity contribution in [3.05, 3.63) is 59.2 Å². The molecule has 2 aliphatic rings. The van der Waals surface area contributed by atoms with Gasteiger partial charge in [-0.2, -0.15) is 0 Å². The van der Waals surface area contributed by atoms with Gasteiger partial charge in [0.25, 0.3) is 0 Å². The fourth-order valence-electron chi connectivity index (χ4n) is 5.10. The molecule has 5 nitrogen and oxygen atoms in total. The largest absolute Gasteiger partial charge is 0.504 e. The minimum Gasteiger partial charge on any atom is -0.504 e. The molecule has 2 aromatic carbocycles. The number of nitrogens with zero attached hydrogens (tertiary/aromatic N) is 2. The van der Waals surface area contributed by atoms with E-state index in [1.165, 1.54) is 24.0 Å². The highest BCUT2D eigenvalue weighted by molar-refractivity contribution is 5.45. The monoisotopic (exact) mass is 438 g/mol. The highest BCUT2D eigenvalue weighted by Crippen LogP contribution is 2.31. The van der Waals surface area contributed by atoms with E-state index >= 15 is 0 Å². The molecule has 5 heteroatoms. The molecule has 2 fully saturated rings. The van der Waals surface area contributed by atoms with E-state index < -0.39 is 0 Å². The number of benzene rings is 2. The summed E-state index contributed by atoms with van der Waals surface area (Å²) in [6, 6.07) is 14.5. The molecule has 1 atom stereocenters. The Morgan fingerprint density at radius 2 is 1.81 bits per heavy atom. The molecule has 0 saturated carbocycles. The second-order valence-electron chi connectivity index (χ2n) is 9.44. The summed E-state index contributed by atoms with van der Waals surface area (Å²) in [5.41, 5.74) is 3.76. The van der Waals surface area contributed by atoms with Gasteiger partial charge in [0.2, 0.25) is 0 Å². The van der Waals surface area contributed by atoms with Crippen molar-refractivity contribution in [2.24, 2.45) is 5.92 Å². The molecule has 0 aliphatic carbocycles. The van der Waals surface area contributed by atoms with Crippen LogP contribution in [-0.4, -0.2) is 60.9 Å². The summed E-state index contributed by atoms with van der Waals surface area (Å²) in [6.07, 6.45) is 5.04. The molecule has 0 bridgehead atoms. The predicted molar refractivity (Wildman–Crippen MR) is 128 cm³/mol. The zero-order valence-corrected chi connectivity index (χ0v) is 19.6. The van der Waals surface area contributed by atoms with Crippen LogP contribution in [0.5, 0.6) is 11.5 Å². The second kappa shape index (κ2) is 11.2. The van der Waals surface area contributed by atoms with E-state index in [4.69, 9.17) is 9.47 Å². The Labute approximate surface area is 192 Å².